The molecule has 0 radical (unpaired) electrons. The zero-order chi connectivity index (χ0) is 18.1. The van der Waals surface area contributed by atoms with Crippen LogP contribution in [0.2, 0.25) is 0 Å². The maximum Gasteiger partial charge on any atom is 0.281 e. The van der Waals surface area contributed by atoms with E-state index in [0.29, 0.717) is 23.4 Å². The van der Waals surface area contributed by atoms with Crippen LogP contribution in [0.3, 0.4) is 0 Å². The van der Waals surface area contributed by atoms with Crippen LogP contribution in [0, 0.1) is 0 Å². The zero-order valence-electron chi connectivity index (χ0n) is 14.6. The van der Waals surface area contributed by atoms with Crippen LogP contribution in [0.15, 0.2) is 59.4 Å². The number of para-hydroxylation sites is 1. The molecule has 0 N–H and O–H groups in total. The summed E-state index contributed by atoms with van der Waals surface area (Å²) in [7, 11) is 1.63. The van der Waals surface area contributed by atoms with Crippen LogP contribution in [-0.4, -0.2) is 23.1 Å². The van der Waals surface area contributed by atoms with Crippen molar-refractivity contribution in [1.82, 2.24) is 9.38 Å². The van der Waals surface area contributed by atoms with Crippen LogP contribution in [0.5, 0.6) is 11.5 Å². The van der Waals surface area contributed by atoms with Crippen molar-refractivity contribution in [2.45, 2.75) is 6.92 Å². The Morgan fingerprint density at radius 2 is 1.92 bits per heavy atom. The molecular formula is C21H18N2O3. The van der Waals surface area contributed by atoms with Gasteiger partial charge in [0.05, 0.1) is 24.6 Å². The summed E-state index contributed by atoms with van der Waals surface area (Å²) in [6.45, 7) is 2.52. The van der Waals surface area contributed by atoms with Gasteiger partial charge < -0.3 is 9.47 Å². The first-order valence-electron chi connectivity index (χ1n) is 8.44. The van der Waals surface area contributed by atoms with E-state index >= 15 is 0 Å². The number of ether oxygens (including phenoxy) is 2. The molecule has 0 unspecified atom stereocenters. The third kappa shape index (κ3) is 2.67. The second-order valence-corrected chi connectivity index (χ2v) is 5.87. The molecule has 2 heterocycles. The van der Waals surface area contributed by atoms with Gasteiger partial charge in [0.25, 0.3) is 5.56 Å². The Morgan fingerprint density at radius 3 is 2.73 bits per heavy atom. The predicted molar refractivity (Wildman–Crippen MR) is 102 cm³/mol. The monoisotopic (exact) mass is 346 g/mol. The van der Waals surface area contributed by atoms with Crippen LogP contribution in [0.4, 0.5) is 0 Å². The number of nitrogens with zero attached hydrogens (tertiary/aromatic N) is 2. The van der Waals surface area contributed by atoms with E-state index in [0.717, 1.165) is 22.2 Å². The maximum absolute atomic E-state index is 12.2. The van der Waals surface area contributed by atoms with Gasteiger partial charge in [-0.05, 0) is 55.0 Å². The number of methoxy groups -OCH3 is 1. The first-order chi connectivity index (χ1) is 12.7. The van der Waals surface area contributed by atoms with Gasteiger partial charge in [-0.1, -0.05) is 18.2 Å². The van der Waals surface area contributed by atoms with Gasteiger partial charge in [-0.25, -0.2) is 0 Å². The molecule has 0 saturated carbocycles. The number of hydrogen-bond donors (Lipinski definition) is 0. The van der Waals surface area contributed by atoms with E-state index in [1.54, 1.807) is 13.2 Å². The summed E-state index contributed by atoms with van der Waals surface area (Å²) in [4.78, 5) is 16.4. The molecule has 0 fully saturated rings. The summed E-state index contributed by atoms with van der Waals surface area (Å²) in [5.41, 5.74) is 2.25. The summed E-state index contributed by atoms with van der Waals surface area (Å²) < 4.78 is 13.0. The molecule has 130 valence electrons. The minimum absolute atomic E-state index is 0.208. The van der Waals surface area contributed by atoms with E-state index in [-0.39, 0.29) is 5.56 Å². The van der Waals surface area contributed by atoms with Gasteiger partial charge >= 0.3 is 0 Å². The Labute approximate surface area is 150 Å². The summed E-state index contributed by atoms with van der Waals surface area (Å²) >= 11 is 0. The van der Waals surface area contributed by atoms with Crippen LogP contribution >= 0.6 is 0 Å². The van der Waals surface area contributed by atoms with Crippen molar-refractivity contribution in [2.24, 2.45) is 0 Å². The van der Waals surface area contributed by atoms with Gasteiger partial charge in [0, 0.05) is 5.35 Å². The van der Waals surface area contributed by atoms with Gasteiger partial charge in [-0.3, -0.25) is 9.20 Å². The first-order valence-corrected chi connectivity index (χ1v) is 8.44. The number of rotatable bonds is 4. The molecule has 0 bridgehead atoms. The van der Waals surface area contributed by atoms with Crippen LogP contribution < -0.4 is 20.4 Å². The maximum atomic E-state index is 12.2. The Balaban J connectivity index is 1.95. The van der Waals surface area contributed by atoms with E-state index < -0.39 is 0 Å². The smallest absolute Gasteiger partial charge is 0.281 e. The molecule has 0 spiro atoms. The first kappa shape index (κ1) is 16.1. The van der Waals surface area contributed by atoms with Crippen molar-refractivity contribution in [3.63, 3.8) is 0 Å². The van der Waals surface area contributed by atoms with Crippen LogP contribution in [0.25, 0.3) is 22.6 Å². The Kier molecular flexibility index (Phi) is 4.05. The molecule has 0 saturated heterocycles. The number of hydrogen-bond acceptors (Lipinski definition) is 4. The molecular weight excluding hydrogens is 328 g/mol. The van der Waals surface area contributed by atoms with Crippen molar-refractivity contribution < 1.29 is 9.47 Å². The average molecular weight is 346 g/mol. The Hall–Kier alpha value is -3.34. The lowest BCUT2D eigenvalue weighted by Crippen LogP contribution is -2.16. The molecule has 0 amide bonds. The van der Waals surface area contributed by atoms with E-state index in [9.17, 15) is 4.79 Å². The average Bonchev–Trinajstić information content (AvgIpc) is 3.06. The minimum atomic E-state index is -0.208. The molecule has 26 heavy (non-hydrogen) atoms. The molecule has 0 aliphatic carbocycles. The second-order valence-electron chi connectivity index (χ2n) is 5.87. The highest BCUT2D eigenvalue weighted by molar-refractivity contribution is 5.80. The quantitative estimate of drug-likeness (QED) is 0.570. The van der Waals surface area contributed by atoms with Gasteiger partial charge in [-0.15, -0.1) is 0 Å². The van der Waals surface area contributed by atoms with Crippen molar-refractivity contribution in [1.29, 1.82) is 0 Å². The lowest BCUT2D eigenvalue weighted by Gasteiger charge is -2.09. The summed E-state index contributed by atoms with van der Waals surface area (Å²) in [5, 5.41) is 1.55. The molecule has 0 aliphatic rings. The highest BCUT2D eigenvalue weighted by Gasteiger charge is 2.07. The van der Waals surface area contributed by atoms with Crippen molar-refractivity contribution in [3.05, 3.63) is 75.9 Å². The van der Waals surface area contributed by atoms with Crippen LogP contribution in [0.1, 0.15) is 12.5 Å². The van der Waals surface area contributed by atoms with Crippen molar-refractivity contribution in [3.8, 4) is 11.5 Å². The molecule has 4 aromatic rings. The molecule has 0 aliphatic heterocycles. The lowest BCUT2D eigenvalue weighted by molar-refractivity contribution is 0.311. The van der Waals surface area contributed by atoms with Gasteiger partial charge in [-0.2, -0.15) is 4.98 Å². The number of fused-ring (bicyclic) bond motifs is 3. The summed E-state index contributed by atoms with van der Waals surface area (Å²) in [6.07, 6.45) is 2.03. The fourth-order valence-electron chi connectivity index (χ4n) is 3.14. The zero-order valence-corrected chi connectivity index (χ0v) is 14.6. The Morgan fingerprint density at radius 1 is 1.08 bits per heavy atom. The van der Waals surface area contributed by atoms with Crippen molar-refractivity contribution >= 4 is 22.6 Å². The predicted octanol–water partition coefficient (Wildman–Crippen LogP) is 2.80. The number of benzene rings is 2. The lowest BCUT2D eigenvalue weighted by atomic mass is 10.2. The highest BCUT2D eigenvalue weighted by Crippen LogP contribution is 2.28. The van der Waals surface area contributed by atoms with E-state index in [4.69, 9.17) is 9.47 Å². The fraction of sp³-hybridized carbons (Fsp3) is 0.143. The third-order valence-corrected chi connectivity index (χ3v) is 4.28. The van der Waals surface area contributed by atoms with E-state index in [1.807, 2.05) is 65.9 Å². The standard InChI is InChI=1S/C21H18N2O3/c1-3-26-18-10-8-14(13-19(18)25-2)12-15-9-11-20-22-21(24)16-6-4-5-7-17(16)23(15)20/h4-13H,3H2,1-2H3. The molecule has 4 rings (SSSR count). The van der Waals surface area contributed by atoms with E-state index in [2.05, 4.69) is 4.98 Å². The molecule has 2 aromatic carbocycles. The molecule has 0 atom stereocenters. The van der Waals surface area contributed by atoms with Crippen LogP contribution in [-0.2, 0) is 0 Å². The highest BCUT2D eigenvalue weighted by atomic mass is 16.5. The van der Waals surface area contributed by atoms with Crippen molar-refractivity contribution in [2.75, 3.05) is 13.7 Å². The number of aromatic nitrogens is 2. The SMILES string of the molecule is CCOc1ccc(C=c2ccc3nc(=O)c4ccccc4n23)cc1OC. The molecule has 5 nitrogen and oxygen atoms in total. The Bertz CT molecular complexity index is 1210. The molecule has 2 aromatic heterocycles. The largest absolute Gasteiger partial charge is 0.493 e. The second kappa shape index (κ2) is 6.52. The molecule has 5 heteroatoms. The topological polar surface area (TPSA) is 52.8 Å². The normalized spacial score (nSPS) is 12.0. The van der Waals surface area contributed by atoms with Gasteiger partial charge in [0.2, 0.25) is 0 Å². The minimum Gasteiger partial charge on any atom is -0.493 e. The summed E-state index contributed by atoms with van der Waals surface area (Å²) in [6, 6.07) is 17.1. The summed E-state index contributed by atoms with van der Waals surface area (Å²) in [5.74, 6) is 1.40. The third-order valence-electron chi connectivity index (χ3n) is 4.28. The van der Waals surface area contributed by atoms with Gasteiger partial charge in [0.1, 0.15) is 5.65 Å². The van der Waals surface area contributed by atoms with Gasteiger partial charge in [0.15, 0.2) is 11.5 Å². The van der Waals surface area contributed by atoms with E-state index in [1.165, 1.54) is 0 Å². The fourth-order valence-corrected chi connectivity index (χ4v) is 3.14.